The average Bonchev–Trinajstić information content (AvgIpc) is 3.27. The van der Waals surface area contributed by atoms with Gasteiger partial charge in [0.15, 0.2) is 0 Å². The van der Waals surface area contributed by atoms with Gasteiger partial charge in [0, 0.05) is 17.5 Å². The van der Waals surface area contributed by atoms with Crippen LogP contribution in [0.2, 0.25) is 5.02 Å². The molecular formula is C29H43ClN4O7. The molecule has 228 valence electrons. The number of nitrogens with one attached hydrogen (secondary N) is 4. The third kappa shape index (κ3) is 12.1. The molecule has 4 N–H and O–H groups in total. The highest BCUT2D eigenvalue weighted by Crippen LogP contribution is 2.17. The standard InChI is InChI=1S/C29H43ClN4O7/c1-17(2)12-23(26(37)32-22(15-35)14-20-10-11-31-25(20)36)33-27(38)24(18(3)41-29(4,5)6)34-28(39)40-16-19-8-7-9-21(30)13-19/h7-9,13,15,17-18,20,22-24H,10-12,14,16H2,1-6H3,(H,31,36)(H,32,37)(H,33,38)(H,34,39)/t18-,20+,22+,23+,24+/m1/s1. The Morgan fingerprint density at radius 1 is 1.12 bits per heavy atom. The molecule has 0 unspecified atom stereocenters. The third-order valence-corrected chi connectivity index (χ3v) is 6.59. The molecule has 4 amide bonds. The second-order valence-corrected chi connectivity index (χ2v) is 12.2. The van der Waals surface area contributed by atoms with Gasteiger partial charge in [0.2, 0.25) is 17.7 Å². The van der Waals surface area contributed by atoms with Crippen LogP contribution in [0.25, 0.3) is 0 Å². The molecule has 1 aliphatic heterocycles. The topological polar surface area (TPSA) is 152 Å². The molecule has 2 rings (SSSR count). The predicted molar refractivity (Wildman–Crippen MR) is 154 cm³/mol. The highest BCUT2D eigenvalue weighted by molar-refractivity contribution is 6.30. The number of benzene rings is 1. The molecule has 1 heterocycles. The van der Waals surface area contributed by atoms with E-state index in [1.807, 2.05) is 34.6 Å². The van der Waals surface area contributed by atoms with E-state index in [4.69, 9.17) is 21.1 Å². The molecule has 0 aliphatic carbocycles. The second kappa shape index (κ2) is 15.7. The van der Waals surface area contributed by atoms with Gasteiger partial charge in [-0.2, -0.15) is 0 Å². The Kier molecular flexibility index (Phi) is 13.0. The number of aldehydes is 1. The van der Waals surface area contributed by atoms with E-state index in [1.54, 1.807) is 31.2 Å². The largest absolute Gasteiger partial charge is 0.445 e. The summed E-state index contributed by atoms with van der Waals surface area (Å²) in [6.45, 7) is 11.3. The lowest BCUT2D eigenvalue weighted by atomic mass is 9.97. The van der Waals surface area contributed by atoms with E-state index in [0.29, 0.717) is 29.8 Å². The molecule has 0 saturated carbocycles. The summed E-state index contributed by atoms with van der Waals surface area (Å²) in [5.41, 5.74) is 0.0315. The molecule has 41 heavy (non-hydrogen) atoms. The monoisotopic (exact) mass is 594 g/mol. The molecule has 0 bridgehead atoms. The van der Waals surface area contributed by atoms with E-state index in [-0.39, 0.29) is 37.2 Å². The summed E-state index contributed by atoms with van der Waals surface area (Å²) in [6.07, 6.45) is -0.0272. The number of alkyl carbamates (subject to hydrolysis) is 1. The Morgan fingerprint density at radius 3 is 2.39 bits per heavy atom. The van der Waals surface area contributed by atoms with E-state index in [2.05, 4.69) is 21.3 Å². The molecular weight excluding hydrogens is 552 g/mol. The van der Waals surface area contributed by atoms with Crippen molar-refractivity contribution in [3.63, 3.8) is 0 Å². The Morgan fingerprint density at radius 2 is 1.83 bits per heavy atom. The van der Waals surface area contributed by atoms with Crippen LogP contribution in [0.4, 0.5) is 4.79 Å². The number of carbonyl (C=O) groups is 5. The van der Waals surface area contributed by atoms with Crippen molar-refractivity contribution in [1.29, 1.82) is 0 Å². The van der Waals surface area contributed by atoms with Gasteiger partial charge in [-0.3, -0.25) is 14.4 Å². The van der Waals surface area contributed by atoms with Crippen LogP contribution in [0.3, 0.4) is 0 Å². The van der Waals surface area contributed by atoms with Crippen molar-refractivity contribution >= 4 is 41.7 Å². The zero-order chi connectivity index (χ0) is 30.7. The Bertz CT molecular complexity index is 1080. The number of hydrogen-bond donors (Lipinski definition) is 4. The van der Waals surface area contributed by atoms with Gasteiger partial charge in [0.05, 0.1) is 17.7 Å². The first-order valence-electron chi connectivity index (χ1n) is 13.9. The van der Waals surface area contributed by atoms with Gasteiger partial charge >= 0.3 is 6.09 Å². The summed E-state index contributed by atoms with van der Waals surface area (Å²) in [7, 11) is 0. The summed E-state index contributed by atoms with van der Waals surface area (Å²) >= 11 is 5.99. The molecule has 0 radical (unpaired) electrons. The fourth-order valence-electron chi connectivity index (χ4n) is 4.54. The van der Waals surface area contributed by atoms with Gasteiger partial charge in [-0.1, -0.05) is 37.6 Å². The summed E-state index contributed by atoms with van der Waals surface area (Å²) < 4.78 is 11.3. The Balaban J connectivity index is 2.14. The van der Waals surface area contributed by atoms with Crippen molar-refractivity contribution in [3.8, 4) is 0 Å². The molecule has 0 spiro atoms. The lowest BCUT2D eigenvalue weighted by Crippen LogP contribution is -2.59. The van der Waals surface area contributed by atoms with Crippen LogP contribution in [0.5, 0.6) is 0 Å². The normalized spacial score (nSPS) is 18.0. The zero-order valence-corrected chi connectivity index (χ0v) is 25.4. The first-order valence-corrected chi connectivity index (χ1v) is 14.3. The molecule has 1 aromatic carbocycles. The minimum Gasteiger partial charge on any atom is -0.445 e. The summed E-state index contributed by atoms with van der Waals surface area (Å²) in [6, 6.07) is 3.74. The quantitative estimate of drug-likeness (QED) is 0.242. The molecule has 12 heteroatoms. The van der Waals surface area contributed by atoms with Gasteiger partial charge in [-0.05, 0) is 70.6 Å². The van der Waals surface area contributed by atoms with Crippen molar-refractivity contribution < 1.29 is 33.4 Å². The second-order valence-electron chi connectivity index (χ2n) is 11.7. The Labute approximate surface area is 246 Å². The molecule has 0 aromatic heterocycles. The fourth-order valence-corrected chi connectivity index (χ4v) is 4.75. The zero-order valence-electron chi connectivity index (χ0n) is 24.6. The van der Waals surface area contributed by atoms with Crippen molar-refractivity contribution in [1.82, 2.24) is 21.3 Å². The number of ether oxygens (including phenoxy) is 2. The van der Waals surface area contributed by atoms with Crippen LogP contribution in [0.15, 0.2) is 24.3 Å². The van der Waals surface area contributed by atoms with Crippen LogP contribution in [-0.2, 0) is 35.3 Å². The van der Waals surface area contributed by atoms with E-state index >= 15 is 0 Å². The summed E-state index contributed by atoms with van der Waals surface area (Å²) in [5.74, 6) is -1.72. The SMILES string of the molecule is CC(C)C[C@H](NC(=O)[C@@H](NC(=O)OCc1cccc(Cl)c1)[C@@H](C)OC(C)(C)C)C(=O)N[C@H](C=O)C[C@@H]1CCNC1=O. The van der Waals surface area contributed by atoms with Gasteiger partial charge in [0.25, 0.3) is 0 Å². The maximum Gasteiger partial charge on any atom is 0.408 e. The molecule has 1 aromatic rings. The predicted octanol–water partition coefficient (Wildman–Crippen LogP) is 2.88. The molecule has 1 fully saturated rings. The first kappa shape index (κ1) is 34.0. The number of hydrogen-bond acceptors (Lipinski definition) is 7. The minimum absolute atomic E-state index is 0.0126. The Hall–Kier alpha value is -3.18. The van der Waals surface area contributed by atoms with Crippen molar-refractivity contribution in [3.05, 3.63) is 34.9 Å². The maximum atomic E-state index is 13.5. The van der Waals surface area contributed by atoms with Gasteiger partial charge in [0.1, 0.15) is 25.0 Å². The summed E-state index contributed by atoms with van der Waals surface area (Å²) in [5, 5.41) is 11.2. The molecule has 1 aliphatic rings. The number of halogens is 1. The van der Waals surface area contributed by atoms with Crippen molar-refractivity contribution in [2.75, 3.05) is 6.54 Å². The smallest absolute Gasteiger partial charge is 0.408 e. The number of rotatable bonds is 14. The van der Waals surface area contributed by atoms with Gasteiger partial charge < -0.3 is 35.5 Å². The average molecular weight is 595 g/mol. The van der Waals surface area contributed by atoms with Crippen LogP contribution in [-0.4, -0.2) is 66.5 Å². The van der Waals surface area contributed by atoms with E-state index in [0.717, 1.165) is 0 Å². The molecule has 1 saturated heterocycles. The van der Waals surface area contributed by atoms with Gasteiger partial charge in [-0.25, -0.2) is 4.79 Å². The van der Waals surface area contributed by atoms with E-state index < -0.39 is 47.7 Å². The number of carbonyl (C=O) groups excluding carboxylic acids is 5. The van der Waals surface area contributed by atoms with E-state index in [9.17, 15) is 24.0 Å². The lowest BCUT2D eigenvalue weighted by Gasteiger charge is -2.32. The highest BCUT2D eigenvalue weighted by atomic mass is 35.5. The minimum atomic E-state index is -1.20. The van der Waals surface area contributed by atoms with Gasteiger partial charge in [-0.15, -0.1) is 0 Å². The maximum absolute atomic E-state index is 13.5. The first-order chi connectivity index (χ1) is 19.2. The van der Waals surface area contributed by atoms with Crippen LogP contribution in [0.1, 0.15) is 66.4 Å². The van der Waals surface area contributed by atoms with Crippen LogP contribution < -0.4 is 21.3 Å². The van der Waals surface area contributed by atoms with Crippen LogP contribution in [0, 0.1) is 11.8 Å². The van der Waals surface area contributed by atoms with E-state index in [1.165, 1.54) is 0 Å². The summed E-state index contributed by atoms with van der Waals surface area (Å²) in [4.78, 5) is 63.1. The molecule has 11 nitrogen and oxygen atoms in total. The lowest BCUT2D eigenvalue weighted by molar-refractivity contribution is -0.136. The van der Waals surface area contributed by atoms with Crippen molar-refractivity contribution in [2.45, 2.75) is 97.2 Å². The van der Waals surface area contributed by atoms with Crippen LogP contribution >= 0.6 is 11.6 Å². The number of amides is 4. The van der Waals surface area contributed by atoms with Crippen molar-refractivity contribution in [2.24, 2.45) is 11.8 Å². The fraction of sp³-hybridized carbons (Fsp3) is 0.621. The highest BCUT2D eigenvalue weighted by Gasteiger charge is 2.35. The molecule has 5 atom stereocenters. The third-order valence-electron chi connectivity index (χ3n) is 6.36.